The Morgan fingerprint density at radius 1 is 0.900 bits per heavy atom. The van der Waals surface area contributed by atoms with Crippen LogP contribution in [0.3, 0.4) is 0 Å². The molecular weight excluding hydrogens is 396 g/mol. The van der Waals surface area contributed by atoms with Crippen molar-refractivity contribution in [3.63, 3.8) is 0 Å². The number of rotatable bonds is 3. The lowest BCUT2D eigenvalue weighted by atomic mass is 9.89. The molecule has 0 bridgehead atoms. The van der Waals surface area contributed by atoms with Crippen LogP contribution in [-0.4, -0.2) is 61.7 Å². The van der Waals surface area contributed by atoms with E-state index in [4.69, 9.17) is 9.15 Å². The SMILES string of the molecule is O=c1c(-c2ccc(O)cc2)coc2c(C3O[C@H](CO)[C@@H](O)[C@H](O)[C@H]3O)c(O)ccc12. The fraction of sp³-hybridized carbons (Fsp3) is 0.286. The Morgan fingerprint density at radius 2 is 1.60 bits per heavy atom. The summed E-state index contributed by atoms with van der Waals surface area (Å²) in [5.74, 6) is -0.314. The molecule has 0 amide bonds. The molecule has 9 nitrogen and oxygen atoms in total. The van der Waals surface area contributed by atoms with Crippen LogP contribution in [0.5, 0.6) is 11.5 Å². The molecule has 9 heteroatoms. The van der Waals surface area contributed by atoms with Crippen LogP contribution in [0.25, 0.3) is 22.1 Å². The van der Waals surface area contributed by atoms with Crippen LogP contribution in [0.4, 0.5) is 0 Å². The maximum Gasteiger partial charge on any atom is 0.200 e. The molecule has 6 N–H and O–H groups in total. The second-order valence-corrected chi connectivity index (χ2v) is 7.15. The van der Waals surface area contributed by atoms with Crippen molar-refractivity contribution in [3.05, 3.63) is 58.4 Å². The van der Waals surface area contributed by atoms with Gasteiger partial charge in [0.25, 0.3) is 0 Å². The zero-order valence-electron chi connectivity index (χ0n) is 15.5. The van der Waals surface area contributed by atoms with Crippen LogP contribution in [0.15, 0.2) is 51.9 Å². The summed E-state index contributed by atoms with van der Waals surface area (Å²) in [5.41, 5.74) is 0.150. The van der Waals surface area contributed by atoms with Gasteiger partial charge in [-0.15, -0.1) is 0 Å². The second-order valence-electron chi connectivity index (χ2n) is 7.15. The predicted molar refractivity (Wildman–Crippen MR) is 104 cm³/mol. The Kier molecular flexibility index (Phi) is 5.22. The molecule has 2 aromatic carbocycles. The van der Waals surface area contributed by atoms with E-state index in [2.05, 4.69) is 0 Å². The first-order chi connectivity index (χ1) is 14.3. The second kappa shape index (κ2) is 7.71. The number of phenols is 2. The topological polar surface area (TPSA) is 161 Å². The molecule has 1 aromatic heterocycles. The number of fused-ring (bicyclic) bond motifs is 1. The molecule has 0 saturated carbocycles. The minimum Gasteiger partial charge on any atom is -0.508 e. The third kappa shape index (κ3) is 3.22. The molecule has 1 aliphatic rings. The summed E-state index contributed by atoms with van der Waals surface area (Å²) in [5, 5.41) is 59.8. The molecule has 2 heterocycles. The van der Waals surface area contributed by atoms with Crippen molar-refractivity contribution in [2.45, 2.75) is 30.5 Å². The smallest absolute Gasteiger partial charge is 0.200 e. The van der Waals surface area contributed by atoms with Crippen LogP contribution < -0.4 is 5.43 Å². The monoisotopic (exact) mass is 416 g/mol. The summed E-state index contributed by atoms with van der Waals surface area (Å²) in [7, 11) is 0. The van der Waals surface area contributed by atoms with Crippen molar-refractivity contribution in [1.82, 2.24) is 0 Å². The van der Waals surface area contributed by atoms with E-state index >= 15 is 0 Å². The molecule has 4 rings (SSSR count). The van der Waals surface area contributed by atoms with Gasteiger partial charge in [0, 0.05) is 0 Å². The summed E-state index contributed by atoms with van der Waals surface area (Å²) in [6, 6.07) is 8.54. The van der Waals surface area contributed by atoms with Gasteiger partial charge >= 0.3 is 0 Å². The van der Waals surface area contributed by atoms with Crippen molar-refractivity contribution in [3.8, 4) is 22.6 Å². The highest BCUT2D eigenvalue weighted by molar-refractivity contribution is 5.86. The molecule has 1 unspecified atom stereocenters. The molecule has 0 aliphatic carbocycles. The van der Waals surface area contributed by atoms with E-state index in [9.17, 15) is 35.4 Å². The Bertz CT molecular complexity index is 1120. The number of benzene rings is 2. The third-order valence-corrected chi connectivity index (χ3v) is 5.31. The van der Waals surface area contributed by atoms with E-state index in [1.54, 1.807) is 12.1 Å². The van der Waals surface area contributed by atoms with Gasteiger partial charge in [-0.25, -0.2) is 0 Å². The summed E-state index contributed by atoms with van der Waals surface area (Å²) >= 11 is 0. The van der Waals surface area contributed by atoms with Crippen molar-refractivity contribution in [2.24, 2.45) is 0 Å². The lowest BCUT2D eigenvalue weighted by Crippen LogP contribution is -2.55. The van der Waals surface area contributed by atoms with E-state index in [0.29, 0.717) is 5.56 Å². The van der Waals surface area contributed by atoms with E-state index in [0.717, 1.165) is 0 Å². The number of hydrogen-bond donors (Lipinski definition) is 6. The number of aliphatic hydroxyl groups excluding tert-OH is 4. The van der Waals surface area contributed by atoms with Gasteiger partial charge in [-0.2, -0.15) is 0 Å². The highest BCUT2D eigenvalue weighted by atomic mass is 16.5. The molecule has 5 atom stereocenters. The maximum atomic E-state index is 13.0. The van der Waals surface area contributed by atoms with Crippen LogP contribution in [0.2, 0.25) is 0 Å². The van der Waals surface area contributed by atoms with Gasteiger partial charge in [0.05, 0.1) is 23.1 Å². The minimum absolute atomic E-state index is 0.0405. The molecule has 0 radical (unpaired) electrons. The van der Waals surface area contributed by atoms with Crippen LogP contribution in [0.1, 0.15) is 11.7 Å². The first-order valence-electron chi connectivity index (χ1n) is 9.20. The quantitative estimate of drug-likeness (QED) is 0.355. The lowest BCUT2D eigenvalue weighted by Gasteiger charge is -2.40. The largest absolute Gasteiger partial charge is 0.508 e. The summed E-state index contributed by atoms with van der Waals surface area (Å²) in [6.07, 6.45) is -6.24. The fourth-order valence-electron chi connectivity index (χ4n) is 3.67. The molecule has 30 heavy (non-hydrogen) atoms. The van der Waals surface area contributed by atoms with Gasteiger partial charge in [0.15, 0.2) is 0 Å². The fourth-order valence-corrected chi connectivity index (χ4v) is 3.67. The van der Waals surface area contributed by atoms with E-state index in [1.807, 2.05) is 0 Å². The molecule has 3 aromatic rings. The third-order valence-electron chi connectivity index (χ3n) is 5.31. The summed E-state index contributed by atoms with van der Waals surface area (Å²) in [6.45, 7) is -0.637. The van der Waals surface area contributed by atoms with Crippen molar-refractivity contribution >= 4 is 11.0 Å². The van der Waals surface area contributed by atoms with E-state index in [1.165, 1.54) is 30.5 Å². The van der Waals surface area contributed by atoms with Crippen LogP contribution in [-0.2, 0) is 4.74 Å². The average molecular weight is 416 g/mol. The Hall–Kier alpha value is -2.95. The van der Waals surface area contributed by atoms with Gasteiger partial charge in [0.2, 0.25) is 5.43 Å². The van der Waals surface area contributed by atoms with Crippen molar-refractivity contribution in [1.29, 1.82) is 0 Å². The predicted octanol–water partition coefficient (Wildman–Crippen LogP) is 0.386. The Labute approximate surface area is 169 Å². The molecule has 158 valence electrons. The standard InChI is InChI=1S/C21H20O9/c22-7-14-17(26)18(27)19(28)21(30-14)15-13(24)6-5-11-16(25)12(8-29-20(11)15)9-1-3-10(23)4-2-9/h1-6,8,14,17-19,21-24,26-28H,7H2/t14-,17-,18+,19-,21?/m1/s1. The van der Waals surface area contributed by atoms with Gasteiger partial charge < -0.3 is 39.8 Å². The molecule has 1 aliphatic heterocycles. The van der Waals surface area contributed by atoms with Gasteiger partial charge in [-0.3, -0.25) is 4.79 Å². The van der Waals surface area contributed by atoms with Crippen molar-refractivity contribution in [2.75, 3.05) is 6.61 Å². The normalized spacial score (nSPS) is 26.7. The average Bonchev–Trinajstić information content (AvgIpc) is 2.74. The molecule has 1 saturated heterocycles. The Morgan fingerprint density at radius 3 is 2.27 bits per heavy atom. The first-order valence-corrected chi connectivity index (χ1v) is 9.20. The number of hydrogen-bond acceptors (Lipinski definition) is 9. The van der Waals surface area contributed by atoms with Gasteiger partial charge in [-0.05, 0) is 29.8 Å². The number of phenolic OH excluding ortho intramolecular Hbond substituents is 2. The van der Waals surface area contributed by atoms with E-state index < -0.39 is 42.6 Å². The van der Waals surface area contributed by atoms with Gasteiger partial charge in [0.1, 0.15) is 53.9 Å². The first kappa shape index (κ1) is 20.3. The molecule has 0 spiro atoms. The molecular formula is C21H20O9. The van der Waals surface area contributed by atoms with Crippen LogP contribution >= 0.6 is 0 Å². The highest BCUT2D eigenvalue weighted by Crippen LogP contribution is 2.40. The van der Waals surface area contributed by atoms with Crippen molar-refractivity contribution < 1.29 is 39.8 Å². The number of aliphatic hydroxyl groups is 4. The summed E-state index contributed by atoms with van der Waals surface area (Å²) in [4.78, 5) is 13.0. The van der Waals surface area contributed by atoms with Crippen LogP contribution in [0, 0.1) is 0 Å². The molecule has 1 fully saturated rings. The Balaban J connectivity index is 1.87. The summed E-state index contributed by atoms with van der Waals surface area (Å²) < 4.78 is 11.1. The highest BCUT2D eigenvalue weighted by Gasteiger charge is 2.45. The maximum absolute atomic E-state index is 13.0. The van der Waals surface area contributed by atoms with E-state index in [-0.39, 0.29) is 33.6 Å². The minimum atomic E-state index is -1.65. The zero-order valence-corrected chi connectivity index (χ0v) is 15.5. The number of aromatic hydroxyl groups is 2. The van der Waals surface area contributed by atoms with Gasteiger partial charge in [-0.1, -0.05) is 12.1 Å². The zero-order chi connectivity index (χ0) is 21.6. The number of ether oxygens (including phenoxy) is 1. The lowest BCUT2D eigenvalue weighted by molar-refractivity contribution is -0.231.